The Labute approximate surface area is 188 Å². The Balaban J connectivity index is 1.75. The van der Waals surface area contributed by atoms with Gasteiger partial charge in [0.05, 0.1) is 11.6 Å². The van der Waals surface area contributed by atoms with Gasteiger partial charge in [-0.2, -0.15) is 0 Å². The largest absolute Gasteiger partial charge is 0.496 e. The van der Waals surface area contributed by atoms with Crippen molar-refractivity contribution < 1.29 is 19.1 Å². The molecule has 0 saturated heterocycles. The number of hydrazine groups is 1. The first-order valence-electron chi connectivity index (χ1n) is 9.05. The fraction of sp³-hybridized carbons (Fsp3) is 0.190. The van der Waals surface area contributed by atoms with E-state index in [2.05, 4.69) is 39.0 Å². The van der Waals surface area contributed by atoms with Crippen molar-refractivity contribution in [3.8, 4) is 11.5 Å². The zero-order valence-electron chi connectivity index (χ0n) is 16.5. The molecule has 0 saturated carbocycles. The maximum absolute atomic E-state index is 12.0. The highest BCUT2D eigenvalue weighted by molar-refractivity contribution is 9.10. The molecule has 30 heavy (non-hydrogen) atoms. The van der Waals surface area contributed by atoms with Crippen molar-refractivity contribution in [2.45, 2.75) is 13.3 Å². The van der Waals surface area contributed by atoms with E-state index < -0.39 is 11.8 Å². The predicted molar refractivity (Wildman–Crippen MR) is 123 cm³/mol. The van der Waals surface area contributed by atoms with Gasteiger partial charge in [-0.25, -0.2) is 0 Å². The molecule has 7 nitrogen and oxygen atoms in total. The first-order chi connectivity index (χ1) is 14.4. The molecule has 0 fully saturated rings. The van der Waals surface area contributed by atoms with Gasteiger partial charge in [-0.1, -0.05) is 31.2 Å². The van der Waals surface area contributed by atoms with Crippen LogP contribution in [-0.2, 0) is 16.0 Å². The number of rotatable bonds is 7. The molecule has 0 aliphatic rings. The van der Waals surface area contributed by atoms with Crippen LogP contribution in [0.3, 0.4) is 0 Å². The van der Waals surface area contributed by atoms with Crippen LogP contribution in [0.15, 0.2) is 53.0 Å². The minimum Gasteiger partial charge on any atom is -0.496 e. The third-order valence-corrected chi connectivity index (χ3v) is 4.69. The maximum atomic E-state index is 12.0. The summed E-state index contributed by atoms with van der Waals surface area (Å²) in [5.74, 6) is 0.289. The summed E-state index contributed by atoms with van der Waals surface area (Å²) in [7, 11) is 1.55. The minimum absolute atomic E-state index is 0.0495. The fourth-order valence-corrected chi connectivity index (χ4v) is 3.03. The third kappa shape index (κ3) is 7.49. The number of ether oxygens (including phenoxy) is 2. The number of hydrogen-bond donors (Lipinski definition) is 3. The molecular formula is C21H22BrN3O4S. The van der Waals surface area contributed by atoms with Gasteiger partial charge in [0.2, 0.25) is 5.91 Å². The SMILES string of the molecule is CCc1ccc(OCC(=O)NNC(=S)NC(=O)C=Cc2ccccc2OC)c(Br)c1. The summed E-state index contributed by atoms with van der Waals surface area (Å²) in [5, 5.41) is 2.38. The Bertz CT molecular complexity index is 950. The molecule has 158 valence electrons. The lowest BCUT2D eigenvalue weighted by Gasteiger charge is -2.11. The lowest BCUT2D eigenvalue weighted by molar-refractivity contribution is -0.123. The molecule has 2 aromatic carbocycles. The summed E-state index contributed by atoms with van der Waals surface area (Å²) in [5.41, 5.74) is 6.72. The highest BCUT2D eigenvalue weighted by Crippen LogP contribution is 2.26. The number of carbonyl (C=O) groups excluding carboxylic acids is 2. The van der Waals surface area contributed by atoms with Gasteiger partial charge in [-0.3, -0.25) is 25.8 Å². The molecule has 0 radical (unpaired) electrons. The van der Waals surface area contributed by atoms with Gasteiger partial charge in [0.1, 0.15) is 11.5 Å². The van der Waals surface area contributed by atoms with E-state index in [4.69, 9.17) is 21.7 Å². The maximum Gasteiger partial charge on any atom is 0.276 e. The number of hydrogen-bond acceptors (Lipinski definition) is 5. The summed E-state index contributed by atoms with van der Waals surface area (Å²) in [6, 6.07) is 12.9. The van der Waals surface area contributed by atoms with Gasteiger partial charge >= 0.3 is 0 Å². The van der Waals surface area contributed by atoms with Crippen molar-refractivity contribution in [3.05, 3.63) is 64.1 Å². The average molecular weight is 492 g/mol. The number of carbonyl (C=O) groups is 2. The van der Waals surface area contributed by atoms with Crippen molar-refractivity contribution in [1.29, 1.82) is 0 Å². The van der Waals surface area contributed by atoms with Gasteiger partial charge < -0.3 is 9.47 Å². The lowest BCUT2D eigenvalue weighted by Crippen LogP contribution is -2.49. The second-order valence-electron chi connectivity index (χ2n) is 5.97. The van der Waals surface area contributed by atoms with Crippen molar-refractivity contribution in [2.24, 2.45) is 0 Å². The normalized spacial score (nSPS) is 10.4. The number of methoxy groups -OCH3 is 1. The second kappa shape index (κ2) is 11.9. The van der Waals surface area contributed by atoms with Crippen LogP contribution in [0.25, 0.3) is 6.08 Å². The van der Waals surface area contributed by atoms with Crippen LogP contribution in [0.4, 0.5) is 0 Å². The number of benzene rings is 2. The molecule has 9 heteroatoms. The van der Waals surface area contributed by atoms with E-state index in [0.29, 0.717) is 11.5 Å². The standard InChI is InChI=1S/C21H22BrN3O4S/c1-3-14-8-10-18(16(22)12-14)29-13-20(27)24-25-21(30)23-19(26)11-9-15-6-4-5-7-17(15)28-2/h4-12H,3,13H2,1-2H3,(H,24,27)(H2,23,25,26,30). The second-order valence-corrected chi connectivity index (χ2v) is 7.24. The van der Waals surface area contributed by atoms with E-state index in [1.165, 1.54) is 6.08 Å². The number of thiocarbonyl (C=S) groups is 1. The highest BCUT2D eigenvalue weighted by Gasteiger charge is 2.08. The van der Waals surface area contributed by atoms with E-state index >= 15 is 0 Å². The lowest BCUT2D eigenvalue weighted by atomic mass is 10.2. The smallest absolute Gasteiger partial charge is 0.276 e. The topological polar surface area (TPSA) is 88.7 Å². The van der Waals surface area contributed by atoms with Gasteiger partial charge in [-0.15, -0.1) is 0 Å². The Morgan fingerprint density at radius 3 is 2.60 bits per heavy atom. The Kier molecular flexibility index (Phi) is 9.30. The molecule has 0 heterocycles. The van der Waals surface area contributed by atoms with Crippen molar-refractivity contribution in [3.63, 3.8) is 0 Å². The van der Waals surface area contributed by atoms with Crippen molar-refractivity contribution >= 4 is 51.2 Å². The molecule has 0 aliphatic heterocycles. The van der Waals surface area contributed by atoms with Gasteiger partial charge in [-0.05, 0) is 64.4 Å². The molecule has 0 atom stereocenters. The minimum atomic E-state index is -0.456. The van der Waals surface area contributed by atoms with Crippen LogP contribution >= 0.6 is 28.1 Å². The molecule has 0 bridgehead atoms. The molecule has 3 N–H and O–H groups in total. The Morgan fingerprint density at radius 2 is 1.90 bits per heavy atom. The van der Waals surface area contributed by atoms with Crippen LogP contribution in [0.5, 0.6) is 11.5 Å². The average Bonchev–Trinajstić information content (AvgIpc) is 2.75. The van der Waals surface area contributed by atoms with Crippen LogP contribution in [0, 0.1) is 0 Å². The molecule has 0 aliphatic carbocycles. The first-order valence-corrected chi connectivity index (χ1v) is 10.2. The molecule has 2 amide bonds. The molecule has 0 aromatic heterocycles. The number of para-hydroxylation sites is 1. The van der Waals surface area contributed by atoms with Gasteiger partial charge in [0.25, 0.3) is 5.91 Å². The fourth-order valence-electron chi connectivity index (χ4n) is 2.34. The highest BCUT2D eigenvalue weighted by atomic mass is 79.9. The van der Waals surface area contributed by atoms with Crippen LogP contribution in [0.1, 0.15) is 18.1 Å². The monoisotopic (exact) mass is 491 g/mol. The van der Waals surface area contributed by atoms with Gasteiger partial charge in [0.15, 0.2) is 11.7 Å². The number of nitrogens with one attached hydrogen (secondary N) is 3. The molecule has 0 spiro atoms. The van der Waals surface area contributed by atoms with E-state index in [1.807, 2.05) is 30.3 Å². The molecule has 2 aromatic rings. The number of aryl methyl sites for hydroxylation is 1. The van der Waals surface area contributed by atoms with Crippen LogP contribution < -0.4 is 25.6 Å². The first kappa shape index (κ1) is 23.4. The third-order valence-electron chi connectivity index (χ3n) is 3.87. The van der Waals surface area contributed by atoms with E-state index in [0.717, 1.165) is 22.0 Å². The molecular weight excluding hydrogens is 470 g/mol. The van der Waals surface area contributed by atoms with Crippen molar-refractivity contribution in [1.82, 2.24) is 16.2 Å². The predicted octanol–water partition coefficient (Wildman–Crippen LogP) is 3.13. The summed E-state index contributed by atoms with van der Waals surface area (Å²) >= 11 is 8.40. The summed E-state index contributed by atoms with van der Waals surface area (Å²) in [6.45, 7) is 1.83. The zero-order chi connectivity index (χ0) is 21.9. The van der Waals surface area contributed by atoms with Crippen LogP contribution in [0.2, 0.25) is 0 Å². The number of halogens is 1. The molecule has 0 unspecified atom stereocenters. The summed E-state index contributed by atoms with van der Waals surface area (Å²) in [4.78, 5) is 23.9. The van der Waals surface area contributed by atoms with E-state index in [9.17, 15) is 9.59 Å². The Morgan fingerprint density at radius 1 is 1.13 bits per heavy atom. The van der Waals surface area contributed by atoms with Gasteiger partial charge in [0, 0.05) is 11.6 Å². The summed E-state index contributed by atoms with van der Waals surface area (Å²) in [6.07, 6.45) is 3.82. The summed E-state index contributed by atoms with van der Waals surface area (Å²) < 4.78 is 11.5. The molecule has 2 rings (SSSR count). The van der Waals surface area contributed by atoms with Crippen LogP contribution in [-0.4, -0.2) is 30.6 Å². The zero-order valence-corrected chi connectivity index (χ0v) is 18.9. The number of amides is 2. The van der Waals surface area contributed by atoms with E-state index in [1.54, 1.807) is 25.3 Å². The van der Waals surface area contributed by atoms with E-state index in [-0.39, 0.29) is 11.7 Å². The van der Waals surface area contributed by atoms with Crippen molar-refractivity contribution in [2.75, 3.05) is 13.7 Å². The Hall–Kier alpha value is -2.91. The quantitative estimate of drug-likeness (QED) is 0.313.